The molecule has 210 valence electrons. The van der Waals surface area contributed by atoms with E-state index in [1.165, 1.54) is 0 Å². The average molecular weight is 559 g/mol. The SMILES string of the molecule is C=C(Cl)/C=C(C)\C(=C/C)c1cn(CCC(C)C)c(/C=C/c2ccc(-c3ccc(OCCCC(=O)O)cc3)cc2)n1. The Hall–Kier alpha value is -3.83. The van der Waals surface area contributed by atoms with Gasteiger partial charge in [0.1, 0.15) is 11.6 Å². The van der Waals surface area contributed by atoms with Crippen LogP contribution in [-0.2, 0) is 11.3 Å². The number of aryl methyl sites for hydroxylation is 1. The molecule has 0 saturated heterocycles. The number of carboxylic acid groups (broad SMARTS) is 1. The summed E-state index contributed by atoms with van der Waals surface area (Å²) >= 11 is 6.03. The van der Waals surface area contributed by atoms with Crippen molar-refractivity contribution in [2.75, 3.05) is 6.61 Å². The number of carbonyl (C=O) groups is 1. The average Bonchev–Trinajstić information content (AvgIpc) is 3.31. The molecule has 0 aliphatic carbocycles. The van der Waals surface area contributed by atoms with Crippen LogP contribution in [0.25, 0.3) is 28.9 Å². The minimum absolute atomic E-state index is 0.110. The predicted octanol–water partition coefficient (Wildman–Crippen LogP) is 9.11. The van der Waals surface area contributed by atoms with Gasteiger partial charge in [0.25, 0.3) is 0 Å². The van der Waals surface area contributed by atoms with E-state index < -0.39 is 5.97 Å². The van der Waals surface area contributed by atoms with E-state index >= 15 is 0 Å². The lowest BCUT2D eigenvalue weighted by Crippen LogP contribution is -2.02. The molecule has 3 aromatic rings. The first-order valence-electron chi connectivity index (χ1n) is 13.7. The van der Waals surface area contributed by atoms with Crippen LogP contribution >= 0.6 is 11.6 Å². The summed E-state index contributed by atoms with van der Waals surface area (Å²) in [6.45, 7) is 13.6. The highest BCUT2D eigenvalue weighted by molar-refractivity contribution is 6.31. The highest BCUT2D eigenvalue weighted by Gasteiger charge is 2.12. The number of aliphatic carboxylic acids is 1. The third-order valence-electron chi connectivity index (χ3n) is 6.44. The molecule has 1 aromatic heterocycles. The normalized spacial score (nSPS) is 12.3. The van der Waals surface area contributed by atoms with Crippen molar-refractivity contribution in [3.63, 3.8) is 0 Å². The van der Waals surface area contributed by atoms with Gasteiger partial charge in [-0.1, -0.05) is 80.6 Å². The molecule has 0 radical (unpaired) electrons. The van der Waals surface area contributed by atoms with Crippen molar-refractivity contribution >= 4 is 35.3 Å². The van der Waals surface area contributed by atoms with E-state index in [1.54, 1.807) is 0 Å². The quantitative estimate of drug-likeness (QED) is 0.158. The topological polar surface area (TPSA) is 64.3 Å². The first kappa shape index (κ1) is 30.7. The van der Waals surface area contributed by atoms with Crippen LogP contribution in [0.15, 0.2) is 84.1 Å². The second-order valence-electron chi connectivity index (χ2n) is 10.2. The van der Waals surface area contributed by atoms with Crippen LogP contribution in [0.3, 0.4) is 0 Å². The molecular weight excluding hydrogens is 520 g/mol. The fourth-order valence-corrected chi connectivity index (χ4v) is 4.44. The molecule has 6 heteroatoms. The number of ether oxygens (including phenoxy) is 1. The van der Waals surface area contributed by atoms with E-state index in [9.17, 15) is 4.79 Å². The fourth-order valence-electron chi connectivity index (χ4n) is 4.27. The van der Waals surface area contributed by atoms with Gasteiger partial charge < -0.3 is 14.4 Å². The Labute approximate surface area is 243 Å². The van der Waals surface area contributed by atoms with Crippen LogP contribution in [0.5, 0.6) is 5.75 Å². The van der Waals surface area contributed by atoms with Crippen LogP contribution < -0.4 is 4.74 Å². The summed E-state index contributed by atoms with van der Waals surface area (Å²) in [6.07, 6.45) is 11.9. The van der Waals surface area contributed by atoms with Crippen molar-refractivity contribution in [1.82, 2.24) is 9.55 Å². The van der Waals surface area contributed by atoms with Crippen molar-refractivity contribution in [3.05, 3.63) is 101 Å². The van der Waals surface area contributed by atoms with E-state index in [0.717, 1.165) is 58.1 Å². The second-order valence-corrected chi connectivity index (χ2v) is 10.6. The molecular formula is C34H39ClN2O3. The Morgan fingerprint density at radius 2 is 1.75 bits per heavy atom. The number of carboxylic acids is 1. The number of benzene rings is 2. The molecule has 0 saturated carbocycles. The van der Waals surface area contributed by atoms with Gasteiger partial charge in [-0.2, -0.15) is 0 Å². The van der Waals surface area contributed by atoms with Crippen LogP contribution in [0.1, 0.15) is 64.0 Å². The molecule has 3 rings (SSSR count). The molecule has 0 bridgehead atoms. The molecule has 0 spiro atoms. The van der Waals surface area contributed by atoms with Gasteiger partial charge in [-0.05, 0) is 79.2 Å². The van der Waals surface area contributed by atoms with Gasteiger partial charge >= 0.3 is 5.97 Å². The van der Waals surface area contributed by atoms with Crippen molar-refractivity contribution in [3.8, 4) is 16.9 Å². The molecule has 1 heterocycles. The number of hydrogen-bond donors (Lipinski definition) is 1. The number of allylic oxidation sites excluding steroid dienone is 5. The highest BCUT2D eigenvalue weighted by Crippen LogP contribution is 2.26. The molecule has 0 unspecified atom stereocenters. The number of nitrogens with zero attached hydrogens (tertiary/aromatic N) is 2. The largest absolute Gasteiger partial charge is 0.494 e. The van der Waals surface area contributed by atoms with E-state index in [0.29, 0.717) is 24.0 Å². The molecule has 0 amide bonds. The molecule has 0 fully saturated rings. The Morgan fingerprint density at radius 1 is 1.10 bits per heavy atom. The molecule has 1 N–H and O–H groups in total. The van der Waals surface area contributed by atoms with E-state index in [1.807, 2.05) is 44.2 Å². The van der Waals surface area contributed by atoms with E-state index in [-0.39, 0.29) is 6.42 Å². The fraction of sp³-hybridized carbons (Fsp3) is 0.294. The summed E-state index contributed by atoms with van der Waals surface area (Å²) in [5, 5.41) is 9.23. The highest BCUT2D eigenvalue weighted by atomic mass is 35.5. The first-order chi connectivity index (χ1) is 19.2. The number of halogens is 1. The number of rotatable bonds is 14. The smallest absolute Gasteiger partial charge is 0.303 e. The molecule has 40 heavy (non-hydrogen) atoms. The maximum Gasteiger partial charge on any atom is 0.303 e. The Morgan fingerprint density at radius 3 is 2.33 bits per heavy atom. The summed E-state index contributed by atoms with van der Waals surface area (Å²) in [5.41, 5.74) is 6.27. The summed E-state index contributed by atoms with van der Waals surface area (Å²) in [4.78, 5) is 15.6. The number of imidazole rings is 1. The van der Waals surface area contributed by atoms with Crippen molar-refractivity contribution in [1.29, 1.82) is 0 Å². The third kappa shape index (κ3) is 9.42. The summed E-state index contributed by atoms with van der Waals surface area (Å²) in [6, 6.07) is 16.3. The predicted molar refractivity (Wildman–Crippen MR) is 167 cm³/mol. The number of hydrogen-bond acceptors (Lipinski definition) is 3. The lowest BCUT2D eigenvalue weighted by Gasteiger charge is -2.08. The first-order valence-corrected chi connectivity index (χ1v) is 14.0. The zero-order valence-corrected chi connectivity index (χ0v) is 24.6. The third-order valence-corrected chi connectivity index (χ3v) is 6.55. The Kier molecular flexibility index (Phi) is 11.6. The van der Waals surface area contributed by atoms with E-state index in [4.69, 9.17) is 26.4 Å². The van der Waals surface area contributed by atoms with Gasteiger partial charge in [-0.3, -0.25) is 4.79 Å². The summed E-state index contributed by atoms with van der Waals surface area (Å²) in [7, 11) is 0. The lowest BCUT2D eigenvalue weighted by atomic mass is 10.0. The van der Waals surface area contributed by atoms with Gasteiger partial charge in [-0.25, -0.2) is 4.98 Å². The number of aromatic nitrogens is 2. The zero-order valence-electron chi connectivity index (χ0n) is 23.9. The van der Waals surface area contributed by atoms with E-state index in [2.05, 4.69) is 73.7 Å². The second kappa shape index (κ2) is 15.1. The molecule has 0 aliphatic heterocycles. The van der Waals surface area contributed by atoms with Crippen LogP contribution in [0.4, 0.5) is 0 Å². The van der Waals surface area contributed by atoms with Gasteiger partial charge in [0.2, 0.25) is 0 Å². The van der Waals surface area contributed by atoms with Crippen molar-refractivity contribution in [2.24, 2.45) is 5.92 Å². The van der Waals surface area contributed by atoms with Crippen LogP contribution in [-0.4, -0.2) is 27.2 Å². The van der Waals surface area contributed by atoms with Crippen LogP contribution in [0.2, 0.25) is 0 Å². The Bertz CT molecular complexity index is 1380. The monoisotopic (exact) mass is 558 g/mol. The minimum atomic E-state index is -0.807. The standard InChI is InChI=1S/C34H39ClN2O3/c1-6-31(25(4)22-26(5)35)32-23-37(20-19-24(2)3)33(36-32)18-11-27-9-12-28(13-10-27)29-14-16-30(17-15-29)40-21-7-8-34(38)39/h6,9-18,22-24H,5,7-8,19-21H2,1-4H3,(H,38,39)/b18-11+,25-22-,31-6+. The summed E-state index contributed by atoms with van der Waals surface area (Å²) < 4.78 is 7.86. The van der Waals surface area contributed by atoms with Crippen molar-refractivity contribution < 1.29 is 14.6 Å². The van der Waals surface area contributed by atoms with Gasteiger partial charge in [0.15, 0.2) is 0 Å². The lowest BCUT2D eigenvalue weighted by molar-refractivity contribution is -0.137. The molecule has 0 aliphatic rings. The maximum absolute atomic E-state index is 10.6. The summed E-state index contributed by atoms with van der Waals surface area (Å²) in [5.74, 6) is 1.43. The maximum atomic E-state index is 10.6. The van der Waals surface area contributed by atoms with Crippen molar-refractivity contribution in [2.45, 2.75) is 53.5 Å². The van der Waals surface area contributed by atoms with Crippen LogP contribution in [0, 0.1) is 5.92 Å². The van der Waals surface area contributed by atoms with Gasteiger partial charge in [0, 0.05) is 29.8 Å². The van der Waals surface area contributed by atoms with Gasteiger partial charge in [-0.15, -0.1) is 0 Å². The Balaban J connectivity index is 1.75. The zero-order chi connectivity index (χ0) is 29.1. The molecule has 5 nitrogen and oxygen atoms in total. The molecule has 2 aromatic carbocycles. The minimum Gasteiger partial charge on any atom is -0.494 e. The van der Waals surface area contributed by atoms with Gasteiger partial charge in [0.05, 0.1) is 12.3 Å². The molecule has 0 atom stereocenters.